The molecule has 0 aromatic carbocycles. The Hall–Kier alpha value is -1.32. The van der Waals surface area contributed by atoms with Crippen LogP contribution in [-0.2, 0) is 9.59 Å². The summed E-state index contributed by atoms with van der Waals surface area (Å²) in [7, 11) is 0. The first-order chi connectivity index (χ1) is 6.11. The van der Waals surface area contributed by atoms with Gasteiger partial charge >= 0.3 is 11.9 Å². The normalized spacial score (nSPS) is 23.1. The van der Waals surface area contributed by atoms with Gasteiger partial charge in [0.15, 0.2) is 0 Å². The van der Waals surface area contributed by atoms with E-state index < -0.39 is 17.9 Å². The number of carbonyl (C=O) groups is 2. The molecule has 0 aromatic rings. The van der Waals surface area contributed by atoms with Crippen LogP contribution < -0.4 is 0 Å². The molecule has 0 heterocycles. The molecule has 1 atom stereocenters. The molecule has 1 aliphatic carbocycles. The Kier molecular flexibility index (Phi) is 3.06. The first kappa shape index (κ1) is 9.77. The van der Waals surface area contributed by atoms with Gasteiger partial charge in [-0.15, -0.1) is 0 Å². The predicted molar refractivity (Wildman–Crippen MR) is 45.3 cm³/mol. The van der Waals surface area contributed by atoms with E-state index in [2.05, 4.69) is 0 Å². The molecule has 4 nitrogen and oxygen atoms in total. The van der Waals surface area contributed by atoms with Gasteiger partial charge in [-0.3, -0.25) is 4.79 Å². The third-order valence-corrected chi connectivity index (χ3v) is 2.24. The molecule has 0 aromatic heterocycles. The molecule has 0 radical (unpaired) electrons. The molecule has 13 heavy (non-hydrogen) atoms. The van der Waals surface area contributed by atoms with Gasteiger partial charge in [-0.1, -0.05) is 6.08 Å². The fraction of sp³-hybridized carbons (Fsp3) is 0.556. The fourth-order valence-electron chi connectivity index (χ4n) is 1.48. The number of aliphatic carboxylic acids is 2. The van der Waals surface area contributed by atoms with E-state index >= 15 is 0 Å². The van der Waals surface area contributed by atoms with Gasteiger partial charge < -0.3 is 10.2 Å². The van der Waals surface area contributed by atoms with Crippen molar-refractivity contribution in [2.75, 3.05) is 0 Å². The topological polar surface area (TPSA) is 74.6 Å². The summed E-state index contributed by atoms with van der Waals surface area (Å²) in [5.41, 5.74) is 0.241. The monoisotopic (exact) mass is 184 g/mol. The maximum absolute atomic E-state index is 10.7. The van der Waals surface area contributed by atoms with Gasteiger partial charge in [-0.25, -0.2) is 4.79 Å². The van der Waals surface area contributed by atoms with Crippen LogP contribution in [0.3, 0.4) is 0 Å². The Labute approximate surface area is 75.9 Å². The van der Waals surface area contributed by atoms with E-state index in [9.17, 15) is 9.59 Å². The minimum atomic E-state index is -0.992. The molecule has 4 heteroatoms. The molecule has 0 amide bonds. The lowest BCUT2D eigenvalue weighted by atomic mass is 9.98. The van der Waals surface area contributed by atoms with Crippen molar-refractivity contribution in [2.24, 2.45) is 5.92 Å². The van der Waals surface area contributed by atoms with Gasteiger partial charge in [0.25, 0.3) is 0 Å². The van der Waals surface area contributed by atoms with Gasteiger partial charge in [0.05, 0.1) is 5.92 Å². The zero-order chi connectivity index (χ0) is 9.84. The number of rotatable bonds is 2. The molecule has 0 aliphatic heterocycles. The highest BCUT2D eigenvalue weighted by molar-refractivity contribution is 5.87. The molecule has 0 saturated carbocycles. The third-order valence-electron chi connectivity index (χ3n) is 2.24. The van der Waals surface area contributed by atoms with Crippen molar-refractivity contribution < 1.29 is 19.8 Å². The van der Waals surface area contributed by atoms with Crippen molar-refractivity contribution >= 4 is 11.9 Å². The zero-order valence-electron chi connectivity index (χ0n) is 7.19. The fourth-order valence-corrected chi connectivity index (χ4v) is 1.48. The highest BCUT2D eigenvalue weighted by Crippen LogP contribution is 2.23. The smallest absolute Gasteiger partial charge is 0.331 e. The SMILES string of the molecule is O=C(O)C1=CCCCC(C(=O)O)C1. The lowest BCUT2D eigenvalue weighted by Gasteiger charge is -2.08. The Morgan fingerprint density at radius 1 is 1.38 bits per heavy atom. The van der Waals surface area contributed by atoms with Gasteiger partial charge in [0, 0.05) is 5.57 Å². The summed E-state index contributed by atoms with van der Waals surface area (Å²) >= 11 is 0. The average molecular weight is 184 g/mol. The maximum Gasteiger partial charge on any atom is 0.331 e. The zero-order valence-corrected chi connectivity index (χ0v) is 7.19. The van der Waals surface area contributed by atoms with Crippen LogP contribution in [0.4, 0.5) is 0 Å². The lowest BCUT2D eigenvalue weighted by molar-refractivity contribution is -0.142. The number of carboxylic acids is 2. The van der Waals surface area contributed by atoms with E-state index in [1.807, 2.05) is 0 Å². The van der Waals surface area contributed by atoms with Crippen LogP contribution in [0, 0.1) is 5.92 Å². The van der Waals surface area contributed by atoms with Crippen molar-refractivity contribution in [1.82, 2.24) is 0 Å². The van der Waals surface area contributed by atoms with Crippen LogP contribution in [0.25, 0.3) is 0 Å². The summed E-state index contributed by atoms with van der Waals surface area (Å²) in [6.45, 7) is 0. The van der Waals surface area contributed by atoms with E-state index in [-0.39, 0.29) is 12.0 Å². The summed E-state index contributed by atoms with van der Waals surface area (Å²) in [6.07, 6.45) is 3.79. The minimum Gasteiger partial charge on any atom is -0.481 e. The molecular weight excluding hydrogens is 172 g/mol. The summed E-state index contributed by atoms with van der Waals surface area (Å²) in [6, 6.07) is 0. The molecule has 1 unspecified atom stereocenters. The quantitative estimate of drug-likeness (QED) is 0.677. The first-order valence-electron chi connectivity index (χ1n) is 4.26. The minimum absolute atomic E-state index is 0.157. The number of hydrogen-bond donors (Lipinski definition) is 2. The molecule has 2 N–H and O–H groups in total. The summed E-state index contributed by atoms with van der Waals surface area (Å²) in [5, 5.41) is 17.4. The Morgan fingerprint density at radius 2 is 2.08 bits per heavy atom. The van der Waals surface area contributed by atoms with E-state index in [1.165, 1.54) is 0 Å². The second-order valence-electron chi connectivity index (χ2n) is 3.20. The molecule has 1 rings (SSSR count). The Balaban J connectivity index is 2.71. The van der Waals surface area contributed by atoms with Gasteiger partial charge in [-0.05, 0) is 25.7 Å². The molecule has 1 aliphatic rings. The summed E-state index contributed by atoms with van der Waals surface area (Å²) in [5.74, 6) is -2.41. The molecule has 0 saturated heterocycles. The third kappa shape index (κ3) is 2.57. The van der Waals surface area contributed by atoms with Crippen molar-refractivity contribution in [3.63, 3.8) is 0 Å². The van der Waals surface area contributed by atoms with Crippen LogP contribution in [0.1, 0.15) is 25.7 Å². The predicted octanol–water partition coefficient (Wildman–Crippen LogP) is 1.27. The average Bonchev–Trinajstić information content (AvgIpc) is 2.28. The largest absolute Gasteiger partial charge is 0.481 e. The summed E-state index contributed by atoms with van der Waals surface area (Å²) in [4.78, 5) is 21.3. The van der Waals surface area contributed by atoms with E-state index in [0.29, 0.717) is 12.8 Å². The van der Waals surface area contributed by atoms with E-state index in [0.717, 1.165) is 6.42 Å². The van der Waals surface area contributed by atoms with E-state index in [4.69, 9.17) is 10.2 Å². The number of allylic oxidation sites excluding steroid dienone is 1. The molecule has 0 bridgehead atoms. The van der Waals surface area contributed by atoms with Crippen molar-refractivity contribution in [3.8, 4) is 0 Å². The van der Waals surface area contributed by atoms with Crippen LogP contribution in [0.2, 0.25) is 0 Å². The number of hydrogen-bond acceptors (Lipinski definition) is 2. The van der Waals surface area contributed by atoms with Gasteiger partial charge in [0.2, 0.25) is 0 Å². The highest BCUT2D eigenvalue weighted by Gasteiger charge is 2.23. The van der Waals surface area contributed by atoms with Gasteiger partial charge in [0.1, 0.15) is 0 Å². The van der Waals surface area contributed by atoms with Crippen molar-refractivity contribution in [3.05, 3.63) is 11.6 Å². The first-order valence-corrected chi connectivity index (χ1v) is 4.26. The second-order valence-corrected chi connectivity index (χ2v) is 3.20. The van der Waals surface area contributed by atoms with Crippen molar-refractivity contribution in [1.29, 1.82) is 0 Å². The van der Waals surface area contributed by atoms with E-state index in [1.54, 1.807) is 6.08 Å². The lowest BCUT2D eigenvalue weighted by Crippen LogP contribution is -2.15. The standard InChI is InChI=1S/C9H12O4/c10-8(11)6-3-1-2-4-7(5-6)9(12)13/h3,7H,1-2,4-5H2,(H,10,11)(H,12,13). The maximum atomic E-state index is 10.7. The van der Waals surface area contributed by atoms with Crippen LogP contribution >= 0.6 is 0 Å². The second kappa shape index (κ2) is 4.07. The van der Waals surface area contributed by atoms with Crippen molar-refractivity contribution in [2.45, 2.75) is 25.7 Å². The molecule has 72 valence electrons. The van der Waals surface area contributed by atoms with Crippen LogP contribution in [0.15, 0.2) is 11.6 Å². The number of carboxylic acid groups (broad SMARTS) is 2. The highest BCUT2D eigenvalue weighted by atomic mass is 16.4. The molecule has 0 fully saturated rings. The Bertz CT molecular complexity index is 254. The van der Waals surface area contributed by atoms with Crippen LogP contribution in [0.5, 0.6) is 0 Å². The summed E-state index contributed by atoms with van der Waals surface area (Å²) < 4.78 is 0. The Morgan fingerprint density at radius 3 is 2.62 bits per heavy atom. The molecule has 0 spiro atoms. The van der Waals surface area contributed by atoms with Crippen LogP contribution in [-0.4, -0.2) is 22.2 Å². The molecular formula is C9H12O4. The van der Waals surface area contributed by atoms with Gasteiger partial charge in [-0.2, -0.15) is 0 Å².